The van der Waals surface area contributed by atoms with Crippen LogP contribution in [0, 0.1) is 5.82 Å². The van der Waals surface area contributed by atoms with Gasteiger partial charge in [0.15, 0.2) is 0 Å². The zero-order valence-electron chi connectivity index (χ0n) is 8.63. The van der Waals surface area contributed by atoms with E-state index < -0.39 is 5.60 Å². The second-order valence-electron chi connectivity index (χ2n) is 3.69. The molecule has 15 heavy (non-hydrogen) atoms. The first kappa shape index (κ1) is 12.6. The predicted molar refractivity (Wildman–Crippen MR) is 62.1 cm³/mol. The molecule has 0 aliphatic carbocycles. The lowest BCUT2D eigenvalue weighted by Crippen LogP contribution is -2.39. The molecule has 0 aliphatic rings. The predicted octanol–water partition coefficient (Wildman–Crippen LogP) is 2.23. The van der Waals surface area contributed by atoms with Gasteiger partial charge >= 0.3 is 0 Å². The zero-order chi connectivity index (χ0) is 11.5. The van der Waals surface area contributed by atoms with E-state index in [0.717, 1.165) is 4.47 Å². The van der Waals surface area contributed by atoms with Gasteiger partial charge in [0, 0.05) is 17.4 Å². The minimum atomic E-state index is -1.01. The van der Waals surface area contributed by atoms with Crippen LogP contribution in [0.15, 0.2) is 22.7 Å². The monoisotopic (exact) mass is 275 g/mol. The molecule has 0 radical (unpaired) electrons. The van der Waals surface area contributed by atoms with E-state index >= 15 is 0 Å². The van der Waals surface area contributed by atoms with Crippen LogP contribution in [0.2, 0.25) is 0 Å². The fourth-order valence-corrected chi connectivity index (χ4v) is 1.78. The Morgan fingerprint density at radius 2 is 2.20 bits per heavy atom. The van der Waals surface area contributed by atoms with Crippen molar-refractivity contribution >= 4 is 15.9 Å². The van der Waals surface area contributed by atoms with E-state index in [1.165, 1.54) is 6.07 Å². The molecule has 2 nitrogen and oxygen atoms in total. The molecule has 1 rings (SSSR count). The standard InChI is InChI=1S/C11H15BrFNO/c1-2-11(15,7-14)6-8-5-9(12)3-4-10(8)13/h3-5,15H,2,6-7,14H2,1H3. The first-order chi connectivity index (χ1) is 7.00. The van der Waals surface area contributed by atoms with Crippen molar-refractivity contribution in [1.29, 1.82) is 0 Å². The molecule has 0 saturated heterocycles. The molecule has 1 aromatic carbocycles. The van der Waals surface area contributed by atoms with E-state index in [0.29, 0.717) is 12.0 Å². The average molecular weight is 276 g/mol. The summed E-state index contributed by atoms with van der Waals surface area (Å²) in [7, 11) is 0. The Morgan fingerprint density at radius 1 is 1.53 bits per heavy atom. The van der Waals surface area contributed by atoms with Crippen LogP contribution in [0.3, 0.4) is 0 Å². The minimum absolute atomic E-state index is 0.134. The van der Waals surface area contributed by atoms with Gasteiger partial charge in [-0.1, -0.05) is 22.9 Å². The zero-order valence-corrected chi connectivity index (χ0v) is 10.2. The first-order valence-corrected chi connectivity index (χ1v) is 5.66. The van der Waals surface area contributed by atoms with Crippen LogP contribution >= 0.6 is 15.9 Å². The summed E-state index contributed by atoms with van der Waals surface area (Å²) in [5.41, 5.74) is 4.94. The van der Waals surface area contributed by atoms with Crippen molar-refractivity contribution in [2.24, 2.45) is 5.73 Å². The van der Waals surface area contributed by atoms with Crippen molar-refractivity contribution in [3.8, 4) is 0 Å². The van der Waals surface area contributed by atoms with Crippen LogP contribution in [0.4, 0.5) is 4.39 Å². The molecule has 4 heteroatoms. The fourth-order valence-electron chi connectivity index (χ4n) is 1.37. The maximum Gasteiger partial charge on any atom is 0.126 e. The molecule has 84 valence electrons. The van der Waals surface area contributed by atoms with Gasteiger partial charge in [-0.15, -0.1) is 0 Å². The minimum Gasteiger partial charge on any atom is -0.388 e. The summed E-state index contributed by atoms with van der Waals surface area (Å²) in [6.07, 6.45) is 0.751. The maximum absolute atomic E-state index is 13.4. The number of halogens is 2. The smallest absolute Gasteiger partial charge is 0.126 e. The van der Waals surface area contributed by atoms with E-state index in [-0.39, 0.29) is 18.8 Å². The largest absolute Gasteiger partial charge is 0.388 e. The van der Waals surface area contributed by atoms with E-state index in [1.807, 2.05) is 6.92 Å². The molecule has 0 fully saturated rings. The van der Waals surface area contributed by atoms with Crippen LogP contribution in [0.25, 0.3) is 0 Å². The van der Waals surface area contributed by atoms with Gasteiger partial charge in [-0.05, 0) is 30.2 Å². The van der Waals surface area contributed by atoms with Gasteiger partial charge in [-0.3, -0.25) is 0 Å². The molecule has 1 aromatic rings. The molecule has 3 N–H and O–H groups in total. The summed E-state index contributed by atoms with van der Waals surface area (Å²) in [4.78, 5) is 0. The van der Waals surface area contributed by atoms with E-state index in [9.17, 15) is 9.50 Å². The highest BCUT2D eigenvalue weighted by Crippen LogP contribution is 2.21. The molecule has 0 heterocycles. The van der Waals surface area contributed by atoms with Gasteiger partial charge in [0.2, 0.25) is 0 Å². The summed E-state index contributed by atoms with van der Waals surface area (Å²) >= 11 is 3.27. The van der Waals surface area contributed by atoms with Crippen molar-refractivity contribution in [3.05, 3.63) is 34.1 Å². The summed E-state index contributed by atoms with van der Waals surface area (Å²) in [6, 6.07) is 4.68. The Hall–Kier alpha value is -0.450. The molecule has 0 saturated carbocycles. The molecule has 1 unspecified atom stereocenters. The number of hydrogen-bond donors (Lipinski definition) is 2. The van der Waals surface area contributed by atoms with Gasteiger partial charge in [-0.25, -0.2) is 4.39 Å². The second-order valence-corrected chi connectivity index (χ2v) is 4.61. The Kier molecular flexibility index (Phi) is 4.25. The molecule has 1 atom stereocenters. The van der Waals surface area contributed by atoms with Gasteiger partial charge < -0.3 is 10.8 Å². The summed E-state index contributed by atoms with van der Waals surface area (Å²) in [5.74, 6) is -0.307. The van der Waals surface area contributed by atoms with Crippen LogP contribution in [0.1, 0.15) is 18.9 Å². The second kappa shape index (κ2) is 5.05. The first-order valence-electron chi connectivity index (χ1n) is 4.87. The van der Waals surface area contributed by atoms with Gasteiger partial charge in [-0.2, -0.15) is 0 Å². The highest BCUT2D eigenvalue weighted by Gasteiger charge is 2.24. The topological polar surface area (TPSA) is 46.2 Å². The van der Waals surface area contributed by atoms with Crippen LogP contribution in [0.5, 0.6) is 0 Å². The number of benzene rings is 1. The van der Waals surface area contributed by atoms with Crippen LogP contribution in [-0.4, -0.2) is 17.3 Å². The SMILES string of the molecule is CCC(O)(CN)Cc1cc(Br)ccc1F. The third kappa shape index (κ3) is 3.26. The molecule has 0 amide bonds. The van der Waals surface area contributed by atoms with Crippen LogP contribution in [-0.2, 0) is 6.42 Å². The van der Waals surface area contributed by atoms with Crippen molar-refractivity contribution < 1.29 is 9.50 Å². The van der Waals surface area contributed by atoms with Gasteiger partial charge in [0.05, 0.1) is 5.60 Å². The molecular weight excluding hydrogens is 261 g/mol. The Bertz CT molecular complexity index is 339. The molecular formula is C11H15BrFNO. The number of nitrogens with two attached hydrogens (primary N) is 1. The van der Waals surface area contributed by atoms with E-state index in [4.69, 9.17) is 5.73 Å². The number of hydrogen-bond acceptors (Lipinski definition) is 2. The highest BCUT2D eigenvalue weighted by molar-refractivity contribution is 9.10. The summed E-state index contributed by atoms with van der Waals surface area (Å²) < 4.78 is 14.2. The van der Waals surface area contributed by atoms with Crippen molar-refractivity contribution in [3.63, 3.8) is 0 Å². The lowest BCUT2D eigenvalue weighted by molar-refractivity contribution is 0.0447. The molecule has 0 spiro atoms. The van der Waals surface area contributed by atoms with Gasteiger partial charge in [0.1, 0.15) is 5.82 Å². The normalized spacial score (nSPS) is 15.0. The van der Waals surface area contributed by atoms with Crippen LogP contribution < -0.4 is 5.73 Å². The quantitative estimate of drug-likeness (QED) is 0.885. The Labute approximate surface area is 97.4 Å². The van der Waals surface area contributed by atoms with Crippen molar-refractivity contribution in [2.75, 3.05) is 6.54 Å². The maximum atomic E-state index is 13.4. The highest BCUT2D eigenvalue weighted by atomic mass is 79.9. The van der Waals surface area contributed by atoms with Crippen molar-refractivity contribution in [1.82, 2.24) is 0 Å². The Morgan fingerprint density at radius 3 is 2.73 bits per heavy atom. The molecule has 0 bridgehead atoms. The Balaban J connectivity index is 2.92. The third-order valence-corrected chi connectivity index (χ3v) is 3.06. The van der Waals surface area contributed by atoms with E-state index in [2.05, 4.69) is 15.9 Å². The summed E-state index contributed by atoms with van der Waals surface area (Å²) in [5, 5.41) is 9.99. The molecule has 0 aromatic heterocycles. The van der Waals surface area contributed by atoms with Gasteiger partial charge in [0.25, 0.3) is 0 Å². The average Bonchev–Trinajstić information content (AvgIpc) is 2.23. The lowest BCUT2D eigenvalue weighted by Gasteiger charge is -2.25. The van der Waals surface area contributed by atoms with Crippen molar-refractivity contribution in [2.45, 2.75) is 25.4 Å². The molecule has 0 aliphatic heterocycles. The number of aliphatic hydroxyl groups is 1. The third-order valence-electron chi connectivity index (χ3n) is 2.57. The number of rotatable bonds is 4. The fraction of sp³-hybridized carbons (Fsp3) is 0.455. The lowest BCUT2D eigenvalue weighted by atomic mass is 9.92. The summed E-state index contributed by atoms with van der Waals surface area (Å²) in [6.45, 7) is 1.97. The van der Waals surface area contributed by atoms with E-state index in [1.54, 1.807) is 12.1 Å².